The first kappa shape index (κ1) is 18.4. The molecule has 0 saturated heterocycles. The number of ketones is 1. The number of pyridine rings is 1. The summed E-state index contributed by atoms with van der Waals surface area (Å²) in [6.07, 6.45) is 4.02. The highest BCUT2D eigenvalue weighted by molar-refractivity contribution is 5.96. The van der Waals surface area contributed by atoms with E-state index in [0.717, 1.165) is 11.4 Å². The van der Waals surface area contributed by atoms with Crippen molar-refractivity contribution in [3.8, 4) is 0 Å². The van der Waals surface area contributed by atoms with Crippen LogP contribution in [0.3, 0.4) is 0 Å². The lowest BCUT2D eigenvalue weighted by molar-refractivity contribution is -0.143. The summed E-state index contributed by atoms with van der Waals surface area (Å²) in [7, 11) is 0. The summed E-state index contributed by atoms with van der Waals surface area (Å²) in [5.41, 5.74) is 2.58. The van der Waals surface area contributed by atoms with Gasteiger partial charge in [-0.05, 0) is 38.3 Å². The number of Topliss-reactive ketones (excluding diaryl/α,β-unsaturated/α-hetero) is 1. The topological polar surface area (TPSA) is 68.3 Å². The molecular formula is C21H26N2O3. The van der Waals surface area contributed by atoms with E-state index in [1.54, 1.807) is 6.20 Å². The number of esters is 1. The average molecular weight is 354 g/mol. The second-order valence-electron chi connectivity index (χ2n) is 8.06. The summed E-state index contributed by atoms with van der Waals surface area (Å²) in [6, 6.07) is 5.58. The molecule has 1 aromatic rings. The summed E-state index contributed by atoms with van der Waals surface area (Å²) in [5.74, 6) is -1.13. The van der Waals surface area contributed by atoms with Gasteiger partial charge in [0.2, 0.25) is 0 Å². The van der Waals surface area contributed by atoms with Crippen LogP contribution < -0.4 is 5.32 Å². The summed E-state index contributed by atoms with van der Waals surface area (Å²) in [5, 5.41) is 3.30. The molecule has 1 aliphatic carbocycles. The quantitative estimate of drug-likeness (QED) is 0.842. The molecule has 1 aliphatic heterocycles. The zero-order valence-corrected chi connectivity index (χ0v) is 16.0. The Bertz CT molecular complexity index is 791. The molecule has 2 aliphatic rings. The van der Waals surface area contributed by atoms with Crippen molar-refractivity contribution in [3.05, 3.63) is 53.1 Å². The van der Waals surface area contributed by atoms with Gasteiger partial charge in [0.1, 0.15) is 5.78 Å². The van der Waals surface area contributed by atoms with E-state index in [-0.39, 0.29) is 17.3 Å². The van der Waals surface area contributed by atoms with Crippen LogP contribution in [0.5, 0.6) is 0 Å². The largest absolute Gasteiger partial charge is 0.460 e. The Morgan fingerprint density at radius 3 is 2.65 bits per heavy atom. The van der Waals surface area contributed by atoms with Crippen molar-refractivity contribution in [2.75, 3.05) is 0 Å². The van der Waals surface area contributed by atoms with Crippen molar-refractivity contribution in [2.45, 2.75) is 53.1 Å². The molecule has 5 heteroatoms. The van der Waals surface area contributed by atoms with Gasteiger partial charge in [0.05, 0.1) is 23.5 Å². The maximum atomic E-state index is 13.0. The van der Waals surface area contributed by atoms with E-state index in [9.17, 15) is 9.59 Å². The molecule has 5 nitrogen and oxygen atoms in total. The zero-order valence-electron chi connectivity index (χ0n) is 16.0. The summed E-state index contributed by atoms with van der Waals surface area (Å²) < 4.78 is 5.47. The van der Waals surface area contributed by atoms with Crippen molar-refractivity contribution in [3.63, 3.8) is 0 Å². The van der Waals surface area contributed by atoms with Gasteiger partial charge in [-0.1, -0.05) is 26.0 Å². The number of nitrogens with zero attached hydrogens (tertiary/aromatic N) is 1. The Morgan fingerprint density at radius 1 is 1.31 bits per heavy atom. The molecule has 0 amide bonds. The Labute approximate surface area is 154 Å². The Morgan fingerprint density at radius 2 is 2.04 bits per heavy atom. The lowest BCUT2D eigenvalue weighted by Crippen LogP contribution is -2.44. The van der Waals surface area contributed by atoms with Gasteiger partial charge in [-0.25, -0.2) is 4.79 Å². The van der Waals surface area contributed by atoms with E-state index >= 15 is 0 Å². The van der Waals surface area contributed by atoms with E-state index in [0.29, 0.717) is 17.7 Å². The third-order valence-electron chi connectivity index (χ3n) is 4.81. The molecule has 2 heterocycles. The number of carbonyl (C=O) groups is 2. The highest BCUT2D eigenvalue weighted by Gasteiger charge is 2.46. The Balaban J connectivity index is 2.16. The number of fused-ring (bicyclic) bond motifs is 1. The SMILES string of the molecule is CC1=C(C(=O)OC(C)C)C(c2ccccn2)C2C(=O)CC(C)(C)C=C2N1. The Kier molecular flexibility index (Phi) is 4.74. The molecule has 0 spiro atoms. The number of rotatable bonds is 3. The fraction of sp³-hybridized carbons (Fsp3) is 0.476. The molecule has 26 heavy (non-hydrogen) atoms. The maximum absolute atomic E-state index is 13.0. The molecule has 3 rings (SSSR count). The molecule has 0 saturated carbocycles. The highest BCUT2D eigenvalue weighted by atomic mass is 16.5. The molecular weight excluding hydrogens is 328 g/mol. The normalized spacial score (nSPS) is 24.7. The second kappa shape index (κ2) is 6.71. The molecule has 0 aromatic carbocycles. The summed E-state index contributed by atoms with van der Waals surface area (Å²) >= 11 is 0. The number of hydrogen-bond acceptors (Lipinski definition) is 5. The number of hydrogen-bond donors (Lipinski definition) is 1. The van der Waals surface area contributed by atoms with Crippen LogP contribution in [-0.2, 0) is 14.3 Å². The maximum Gasteiger partial charge on any atom is 0.336 e. The monoisotopic (exact) mass is 354 g/mol. The number of allylic oxidation sites excluding steroid dienone is 3. The number of aromatic nitrogens is 1. The van der Waals surface area contributed by atoms with Crippen LogP contribution in [-0.4, -0.2) is 22.8 Å². The average Bonchev–Trinajstić information content (AvgIpc) is 2.52. The zero-order chi connectivity index (χ0) is 19.1. The van der Waals surface area contributed by atoms with Crippen LogP contribution in [0.25, 0.3) is 0 Å². The van der Waals surface area contributed by atoms with Gasteiger partial charge >= 0.3 is 5.97 Å². The number of ether oxygens (including phenoxy) is 1. The Hall–Kier alpha value is -2.43. The first-order chi connectivity index (χ1) is 12.2. The third-order valence-corrected chi connectivity index (χ3v) is 4.81. The van der Waals surface area contributed by atoms with Gasteiger partial charge in [-0.2, -0.15) is 0 Å². The fourth-order valence-electron chi connectivity index (χ4n) is 3.89. The van der Waals surface area contributed by atoms with E-state index in [2.05, 4.69) is 16.4 Å². The highest BCUT2D eigenvalue weighted by Crippen LogP contribution is 2.46. The van der Waals surface area contributed by atoms with Crippen LogP contribution in [0.4, 0.5) is 0 Å². The van der Waals surface area contributed by atoms with Crippen LogP contribution in [0.2, 0.25) is 0 Å². The van der Waals surface area contributed by atoms with Crippen molar-refractivity contribution >= 4 is 11.8 Å². The van der Waals surface area contributed by atoms with Crippen molar-refractivity contribution in [1.29, 1.82) is 0 Å². The van der Waals surface area contributed by atoms with Crippen molar-refractivity contribution in [2.24, 2.45) is 11.3 Å². The summed E-state index contributed by atoms with van der Waals surface area (Å²) in [4.78, 5) is 30.3. The minimum Gasteiger partial charge on any atom is -0.460 e. The first-order valence-electron chi connectivity index (χ1n) is 9.05. The minimum absolute atomic E-state index is 0.123. The molecule has 1 aromatic heterocycles. The van der Waals surface area contributed by atoms with Gasteiger partial charge in [-0.15, -0.1) is 0 Å². The molecule has 2 unspecified atom stereocenters. The second-order valence-corrected chi connectivity index (χ2v) is 8.06. The van der Waals surface area contributed by atoms with Crippen LogP contribution >= 0.6 is 0 Å². The van der Waals surface area contributed by atoms with E-state index in [1.165, 1.54) is 0 Å². The number of nitrogens with one attached hydrogen (secondary N) is 1. The minimum atomic E-state index is -0.434. The third kappa shape index (κ3) is 3.43. The van der Waals surface area contributed by atoms with Gasteiger partial charge in [-0.3, -0.25) is 9.78 Å². The summed E-state index contributed by atoms with van der Waals surface area (Å²) in [6.45, 7) is 9.59. The van der Waals surface area contributed by atoms with Gasteiger partial charge in [0.25, 0.3) is 0 Å². The fourth-order valence-corrected chi connectivity index (χ4v) is 3.89. The number of carbonyl (C=O) groups excluding carboxylic acids is 2. The smallest absolute Gasteiger partial charge is 0.336 e. The molecule has 138 valence electrons. The first-order valence-corrected chi connectivity index (χ1v) is 9.05. The molecule has 0 radical (unpaired) electrons. The molecule has 0 bridgehead atoms. The van der Waals surface area contributed by atoms with Gasteiger partial charge in [0, 0.05) is 29.7 Å². The van der Waals surface area contributed by atoms with E-state index < -0.39 is 17.8 Å². The predicted molar refractivity (Wildman–Crippen MR) is 99.0 cm³/mol. The van der Waals surface area contributed by atoms with Gasteiger partial charge < -0.3 is 10.1 Å². The van der Waals surface area contributed by atoms with Crippen molar-refractivity contribution in [1.82, 2.24) is 10.3 Å². The standard InChI is InChI=1S/C21H26N2O3/c1-12(2)26-20(25)17-13(3)23-15-10-21(4,5)11-16(24)18(15)19(17)14-8-6-7-9-22-14/h6-10,12,18-19,23H,11H2,1-5H3. The lowest BCUT2D eigenvalue weighted by Gasteiger charge is -2.41. The van der Waals surface area contributed by atoms with Crippen LogP contribution in [0, 0.1) is 11.3 Å². The van der Waals surface area contributed by atoms with Crippen molar-refractivity contribution < 1.29 is 14.3 Å². The molecule has 2 atom stereocenters. The predicted octanol–water partition coefficient (Wildman–Crippen LogP) is 3.49. The molecule has 1 N–H and O–H groups in total. The van der Waals surface area contributed by atoms with Crippen LogP contribution in [0.15, 0.2) is 47.4 Å². The van der Waals surface area contributed by atoms with Crippen LogP contribution in [0.1, 0.15) is 52.7 Å². The molecule has 0 fully saturated rings. The van der Waals surface area contributed by atoms with E-state index in [4.69, 9.17) is 4.74 Å². The van der Waals surface area contributed by atoms with E-state index in [1.807, 2.05) is 52.8 Å². The lowest BCUT2D eigenvalue weighted by atomic mass is 9.67. The van der Waals surface area contributed by atoms with Gasteiger partial charge in [0.15, 0.2) is 0 Å².